The molecule has 0 aliphatic carbocycles. The van der Waals surface area contributed by atoms with Crippen LogP contribution in [-0.2, 0) is 0 Å². The monoisotopic (exact) mass is 284 g/mol. The number of rotatable bonds is 3. The molecule has 1 atom stereocenters. The minimum absolute atomic E-state index is 0.0688. The molecule has 1 unspecified atom stereocenters. The van der Waals surface area contributed by atoms with E-state index >= 15 is 0 Å². The molecule has 3 rings (SSSR count). The van der Waals surface area contributed by atoms with Crippen LogP contribution in [0.3, 0.4) is 0 Å². The zero-order valence-corrected chi connectivity index (χ0v) is 12.3. The lowest BCUT2D eigenvalue weighted by molar-refractivity contribution is 0.171. The number of benzene rings is 2. The van der Waals surface area contributed by atoms with E-state index in [9.17, 15) is 0 Å². The Labute approximate surface area is 124 Å². The van der Waals surface area contributed by atoms with Crippen LogP contribution in [0.1, 0.15) is 28.3 Å². The Bertz CT molecular complexity index is 655. The molecule has 0 radical (unpaired) electrons. The van der Waals surface area contributed by atoms with Gasteiger partial charge in [0, 0.05) is 0 Å². The van der Waals surface area contributed by atoms with Crippen molar-refractivity contribution in [2.45, 2.75) is 19.9 Å². The Morgan fingerprint density at radius 1 is 1.05 bits per heavy atom. The highest BCUT2D eigenvalue weighted by Crippen LogP contribution is 2.35. The predicted molar refractivity (Wildman–Crippen MR) is 82.5 cm³/mol. The number of nitrogens with two attached hydrogens (primary N) is 1. The van der Waals surface area contributed by atoms with Crippen LogP contribution < -0.4 is 20.7 Å². The van der Waals surface area contributed by atoms with Crippen molar-refractivity contribution >= 4 is 0 Å². The van der Waals surface area contributed by atoms with Gasteiger partial charge in [0.2, 0.25) is 0 Å². The molecule has 110 valence electrons. The summed E-state index contributed by atoms with van der Waals surface area (Å²) in [7, 11) is 0. The largest absolute Gasteiger partial charge is 0.486 e. The zero-order valence-electron chi connectivity index (χ0n) is 12.3. The van der Waals surface area contributed by atoms with Gasteiger partial charge in [0.1, 0.15) is 13.2 Å². The van der Waals surface area contributed by atoms with E-state index in [1.54, 1.807) is 0 Å². The SMILES string of the molecule is Cc1cccc(C(NN)c2ccc3c(c2)OCCO3)c1C. The summed E-state index contributed by atoms with van der Waals surface area (Å²) in [5, 5.41) is 0. The van der Waals surface area contributed by atoms with Gasteiger partial charge in [-0.25, -0.2) is 5.43 Å². The van der Waals surface area contributed by atoms with E-state index in [0.717, 1.165) is 17.1 Å². The molecular formula is C17H20N2O2. The van der Waals surface area contributed by atoms with Gasteiger partial charge in [0.05, 0.1) is 6.04 Å². The topological polar surface area (TPSA) is 56.5 Å². The Morgan fingerprint density at radius 2 is 1.81 bits per heavy atom. The number of hydrogen-bond donors (Lipinski definition) is 2. The fourth-order valence-corrected chi connectivity index (χ4v) is 2.69. The Morgan fingerprint density at radius 3 is 2.57 bits per heavy atom. The van der Waals surface area contributed by atoms with Crippen LogP contribution in [0.5, 0.6) is 11.5 Å². The van der Waals surface area contributed by atoms with E-state index in [0.29, 0.717) is 13.2 Å². The van der Waals surface area contributed by atoms with E-state index in [1.165, 1.54) is 16.7 Å². The van der Waals surface area contributed by atoms with Crippen molar-refractivity contribution in [2.24, 2.45) is 5.84 Å². The Kier molecular flexibility index (Phi) is 3.82. The second-order valence-electron chi connectivity index (χ2n) is 5.29. The first kappa shape index (κ1) is 13.9. The maximum atomic E-state index is 5.81. The maximum absolute atomic E-state index is 5.81. The number of hydrogen-bond acceptors (Lipinski definition) is 4. The first-order valence-corrected chi connectivity index (χ1v) is 7.12. The molecule has 4 nitrogen and oxygen atoms in total. The quantitative estimate of drug-likeness (QED) is 0.672. The molecule has 1 aliphatic heterocycles. The number of hydrazine groups is 1. The lowest BCUT2D eigenvalue weighted by Gasteiger charge is -2.23. The molecule has 4 heteroatoms. The van der Waals surface area contributed by atoms with Crippen molar-refractivity contribution in [1.29, 1.82) is 0 Å². The van der Waals surface area contributed by atoms with E-state index in [2.05, 4.69) is 37.5 Å². The third-order valence-corrected chi connectivity index (χ3v) is 4.02. The van der Waals surface area contributed by atoms with Crippen molar-refractivity contribution in [3.63, 3.8) is 0 Å². The number of nitrogens with one attached hydrogen (secondary N) is 1. The minimum atomic E-state index is -0.0688. The fraction of sp³-hybridized carbons (Fsp3) is 0.294. The molecular weight excluding hydrogens is 264 g/mol. The van der Waals surface area contributed by atoms with Crippen LogP contribution in [0, 0.1) is 13.8 Å². The zero-order chi connectivity index (χ0) is 14.8. The molecule has 0 saturated carbocycles. The minimum Gasteiger partial charge on any atom is -0.486 e. The highest BCUT2D eigenvalue weighted by Gasteiger charge is 2.19. The summed E-state index contributed by atoms with van der Waals surface area (Å²) in [6.07, 6.45) is 0. The van der Waals surface area contributed by atoms with E-state index in [-0.39, 0.29) is 6.04 Å². The second-order valence-corrected chi connectivity index (χ2v) is 5.29. The maximum Gasteiger partial charge on any atom is 0.161 e. The molecule has 1 heterocycles. The first-order valence-electron chi connectivity index (χ1n) is 7.12. The second kappa shape index (κ2) is 5.76. The summed E-state index contributed by atoms with van der Waals surface area (Å²) in [5.41, 5.74) is 7.65. The Hall–Kier alpha value is -2.04. The van der Waals surface area contributed by atoms with E-state index in [4.69, 9.17) is 15.3 Å². The molecule has 0 fully saturated rings. The molecule has 0 amide bonds. The lowest BCUT2D eigenvalue weighted by Crippen LogP contribution is -2.29. The molecule has 2 aromatic rings. The van der Waals surface area contributed by atoms with Gasteiger partial charge in [-0.2, -0.15) is 0 Å². The highest BCUT2D eigenvalue weighted by atomic mass is 16.6. The van der Waals surface area contributed by atoms with Crippen molar-refractivity contribution in [1.82, 2.24) is 5.43 Å². The van der Waals surface area contributed by atoms with Gasteiger partial charge in [0.15, 0.2) is 11.5 Å². The van der Waals surface area contributed by atoms with Crippen molar-refractivity contribution < 1.29 is 9.47 Å². The molecule has 0 spiro atoms. The van der Waals surface area contributed by atoms with Gasteiger partial charge in [-0.1, -0.05) is 24.3 Å². The van der Waals surface area contributed by atoms with Crippen molar-refractivity contribution in [2.75, 3.05) is 13.2 Å². The average Bonchev–Trinajstić information content (AvgIpc) is 2.52. The number of aryl methyl sites for hydroxylation is 1. The normalized spacial score (nSPS) is 14.8. The summed E-state index contributed by atoms with van der Waals surface area (Å²) < 4.78 is 11.2. The third-order valence-electron chi connectivity index (χ3n) is 4.02. The molecule has 21 heavy (non-hydrogen) atoms. The molecule has 0 bridgehead atoms. The van der Waals surface area contributed by atoms with E-state index in [1.807, 2.05) is 18.2 Å². The van der Waals surface area contributed by atoms with Crippen LogP contribution in [0.25, 0.3) is 0 Å². The van der Waals surface area contributed by atoms with Gasteiger partial charge in [0.25, 0.3) is 0 Å². The summed E-state index contributed by atoms with van der Waals surface area (Å²) in [6.45, 7) is 5.41. The van der Waals surface area contributed by atoms with Gasteiger partial charge in [-0.05, 0) is 48.2 Å². The van der Waals surface area contributed by atoms with E-state index < -0.39 is 0 Å². The molecule has 1 aliphatic rings. The van der Waals surface area contributed by atoms with Crippen LogP contribution >= 0.6 is 0 Å². The van der Waals surface area contributed by atoms with Crippen molar-refractivity contribution in [3.05, 3.63) is 58.7 Å². The molecule has 3 N–H and O–H groups in total. The fourth-order valence-electron chi connectivity index (χ4n) is 2.69. The lowest BCUT2D eigenvalue weighted by atomic mass is 9.93. The molecule has 0 aromatic heterocycles. The summed E-state index contributed by atoms with van der Waals surface area (Å²) >= 11 is 0. The van der Waals surface area contributed by atoms with Crippen molar-refractivity contribution in [3.8, 4) is 11.5 Å². The first-order chi connectivity index (χ1) is 10.2. The van der Waals surface area contributed by atoms with Crippen LogP contribution in [0.2, 0.25) is 0 Å². The number of fused-ring (bicyclic) bond motifs is 1. The summed E-state index contributed by atoms with van der Waals surface area (Å²) in [5.74, 6) is 7.38. The third kappa shape index (κ3) is 2.60. The van der Waals surface area contributed by atoms with Gasteiger partial charge >= 0.3 is 0 Å². The molecule has 0 saturated heterocycles. The van der Waals surface area contributed by atoms with Crippen LogP contribution in [0.15, 0.2) is 36.4 Å². The van der Waals surface area contributed by atoms with Crippen LogP contribution in [-0.4, -0.2) is 13.2 Å². The predicted octanol–water partition coefficient (Wildman–Crippen LogP) is 2.63. The van der Waals surface area contributed by atoms with Gasteiger partial charge < -0.3 is 9.47 Å². The summed E-state index contributed by atoms with van der Waals surface area (Å²) in [4.78, 5) is 0. The Balaban J connectivity index is 2.02. The van der Waals surface area contributed by atoms with Gasteiger partial charge in [-0.15, -0.1) is 0 Å². The smallest absolute Gasteiger partial charge is 0.161 e. The molecule has 2 aromatic carbocycles. The summed E-state index contributed by atoms with van der Waals surface area (Å²) in [6, 6.07) is 12.2. The van der Waals surface area contributed by atoms with Crippen LogP contribution in [0.4, 0.5) is 0 Å². The average molecular weight is 284 g/mol. The standard InChI is InChI=1S/C17H20N2O2/c1-11-4-3-5-14(12(11)2)17(19-18)13-6-7-15-16(10-13)21-9-8-20-15/h3-7,10,17,19H,8-9,18H2,1-2H3. The highest BCUT2D eigenvalue weighted by molar-refractivity contribution is 5.48. The number of ether oxygens (including phenoxy) is 2. The van der Waals surface area contributed by atoms with Gasteiger partial charge in [-0.3, -0.25) is 5.84 Å².